The number of hydrogen-bond acceptors (Lipinski definition) is 5. The number of nitrogens with two attached hydrogens (primary N) is 1. The van der Waals surface area contributed by atoms with Crippen molar-refractivity contribution in [2.24, 2.45) is 0 Å². The van der Waals surface area contributed by atoms with Crippen LogP contribution in [0.25, 0.3) is 0 Å². The number of ether oxygens (including phenoxy) is 1. The van der Waals surface area contributed by atoms with Crippen LogP contribution in [0.2, 0.25) is 0 Å². The van der Waals surface area contributed by atoms with Crippen molar-refractivity contribution in [2.45, 2.75) is 32.0 Å². The summed E-state index contributed by atoms with van der Waals surface area (Å²) >= 11 is 0. The summed E-state index contributed by atoms with van der Waals surface area (Å²) in [6, 6.07) is 3.78. The molecule has 3 rings (SSSR count). The number of amides is 1. The Morgan fingerprint density at radius 1 is 1.29 bits per heavy atom. The van der Waals surface area contributed by atoms with Crippen molar-refractivity contribution in [3.8, 4) is 0 Å². The van der Waals surface area contributed by atoms with Gasteiger partial charge in [0, 0.05) is 26.2 Å². The number of nitrogen functional groups attached to an aromatic ring is 1. The highest BCUT2D eigenvalue weighted by Crippen LogP contribution is 2.22. The number of aromatic nitrogens is 1. The van der Waals surface area contributed by atoms with Gasteiger partial charge in [-0.3, -0.25) is 4.79 Å². The fraction of sp³-hybridized carbons (Fsp3) is 0.600. The quantitative estimate of drug-likeness (QED) is 0.875. The molecule has 2 aliphatic rings. The first-order valence-electron chi connectivity index (χ1n) is 7.54. The third-order valence-electron chi connectivity index (χ3n) is 4.23. The maximum Gasteiger partial charge on any atom is 0.251 e. The first kappa shape index (κ1) is 14.1. The Hall–Kier alpha value is -1.82. The van der Waals surface area contributed by atoms with E-state index in [2.05, 4.69) is 9.88 Å². The summed E-state index contributed by atoms with van der Waals surface area (Å²) in [5.74, 6) is 0.675. The lowest BCUT2D eigenvalue weighted by Crippen LogP contribution is -2.51. The molecule has 0 radical (unpaired) electrons. The van der Waals surface area contributed by atoms with E-state index >= 15 is 0 Å². The molecule has 2 saturated heterocycles. The van der Waals surface area contributed by atoms with Crippen LogP contribution >= 0.6 is 0 Å². The minimum atomic E-state index is -0.232. The lowest BCUT2D eigenvalue weighted by molar-refractivity contribution is -0.142. The molecule has 2 N–H and O–H groups in total. The van der Waals surface area contributed by atoms with E-state index < -0.39 is 0 Å². The Labute approximate surface area is 124 Å². The van der Waals surface area contributed by atoms with E-state index in [0.29, 0.717) is 5.82 Å². The molecule has 2 aliphatic heterocycles. The Kier molecular flexibility index (Phi) is 3.96. The van der Waals surface area contributed by atoms with Gasteiger partial charge in [-0.05, 0) is 31.9 Å². The van der Waals surface area contributed by atoms with Crippen LogP contribution in [0.1, 0.15) is 19.8 Å². The molecule has 1 aromatic heterocycles. The molecular formula is C15H22N4O2. The smallest absolute Gasteiger partial charge is 0.251 e. The van der Waals surface area contributed by atoms with Crippen molar-refractivity contribution >= 4 is 17.4 Å². The molecule has 0 aliphatic carbocycles. The molecule has 6 nitrogen and oxygen atoms in total. The normalized spacial score (nSPS) is 26.1. The predicted octanol–water partition coefficient (Wildman–Crippen LogP) is 0.880. The minimum Gasteiger partial charge on any atom is -0.384 e. The molecule has 2 fully saturated rings. The van der Waals surface area contributed by atoms with E-state index in [1.54, 1.807) is 12.3 Å². The monoisotopic (exact) mass is 290 g/mol. The van der Waals surface area contributed by atoms with E-state index in [1.807, 2.05) is 17.9 Å². The van der Waals surface area contributed by atoms with Gasteiger partial charge in [0.2, 0.25) is 0 Å². The first-order chi connectivity index (χ1) is 10.1. The highest BCUT2D eigenvalue weighted by molar-refractivity contribution is 5.81. The molecule has 2 unspecified atom stereocenters. The molecule has 114 valence electrons. The first-order valence-corrected chi connectivity index (χ1v) is 7.54. The van der Waals surface area contributed by atoms with Gasteiger partial charge in [0.1, 0.15) is 11.9 Å². The summed E-state index contributed by atoms with van der Waals surface area (Å²) in [6.07, 6.45) is 3.59. The van der Waals surface area contributed by atoms with Gasteiger partial charge in [-0.25, -0.2) is 4.98 Å². The minimum absolute atomic E-state index is 0.148. The Balaban J connectivity index is 1.55. The van der Waals surface area contributed by atoms with Crippen molar-refractivity contribution in [1.82, 2.24) is 9.88 Å². The van der Waals surface area contributed by atoms with E-state index in [4.69, 9.17) is 10.5 Å². The average molecular weight is 290 g/mol. The van der Waals surface area contributed by atoms with Gasteiger partial charge < -0.3 is 20.3 Å². The second kappa shape index (κ2) is 5.89. The summed E-state index contributed by atoms with van der Waals surface area (Å²) in [5, 5.41) is 0. The number of carbonyl (C=O) groups excluding carboxylic acids is 1. The molecule has 0 spiro atoms. The number of rotatable bonds is 2. The second-order valence-electron chi connectivity index (χ2n) is 5.77. The highest BCUT2D eigenvalue weighted by Gasteiger charge is 2.32. The van der Waals surface area contributed by atoms with E-state index in [-0.39, 0.29) is 18.1 Å². The lowest BCUT2D eigenvalue weighted by atomic mass is 10.1. The molecule has 6 heteroatoms. The van der Waals surface area contributed by atoms with Gasteiger partial charge in [0.25, 0.3) is 5.91 Å². The number of pyridine rings is 1. The van der Waals surface area contributed by atoms with E-state index in [9.17, 15) is 4.79 Å². The van der Waals surface area contributed by atoms with E-state index in [1.165, 1.54) is 0 Å². The van der Waals surface area contributed by atoms with Crippen LogP contribution in [-0.2, 0) is 9.53 Å². The van der Waals surface area contributed by atoms with Crippen LogP contribution in [0.15, 0.2) is 18.3 Å². The Morgan fingerprint density at radius 3 is 2.62 bits per heavy atom. The highest BCUT2D eigenvalue weighted by atomic mass is 16.5. The Bertz CT molecular complexity index is 497. The fourth-order valence-electron chi connectivity index (χ4n) is 2.96. The summed E-state index contributed by atoms with van der Waals surface area (Å²) in [6.45, 7) is 5.13. The lowest BCUT2D eigenvalue weighted by Gasteiger charge is -2.36. The zero-order valence-corrected chi connectivity index (χ0v) is 12.4. The van der Waals surface area contributed by atoms with Gasteiger partial charge in [0.15, 0.2) is 0 Å². The predicted molar refractivity (Wildman–Crippen MR) is 81.0 cm³/mol. The maximum atomic E-state index is 12.4. The van der Waals surface area contributed by atoms with Crippen molar-refractivity contribution in [1.29, 1.82) is 0 Å². The molecule has 0 aromatic carbocycles. The third-order valence-corrected chi connectivity index (χ3v) is 4.23. The number of hydrogen-bond donors (Lipinski definition) is 1. The summed E-state index contributed by atoms with van der Waals surface area (Å²) in [5.41, 5.74) is 6.66. The molecule has 2 atom stereocenters. The van der Waals surface area contributed by atoms with Crippen molar-refractivity contribution < 1.29 is 9.53 Å². The largest absolute Gasteiger partial charge is 0.384 e. The van der Waals surface area contributed by atoms with Crippen molar-refractivity contribution in [3.05, 3.63) is 18.3 Å². The molecule has 3 heterocycles. The Morgan fingerprint density at radius 2 is 2.05 bits per heavy atom. The topological polar surface area (TPSA) is 71.7 Å². The molecule has 0 saturated carbocycles. The van der Waals surface area contributed by atoms with Gasteiger partial charge in [0.05, 0.1) is 18.0 Å². The summed E-state index contributed by atoms with van der Waals surface area (Å²) in [7, 11) is 0. The standard InChI is InChI=1S/C15H22N4O2/c1-11-2-4-13(21-11)15(20)19-8-6-18(7-9-19)12-3-5-14(16)17-10-12/h3,5,10-11,13H,2,4,6-9H2,1H3,(H2,16,17). The number of anilines is 2. The van der Waals surface area contributed by atoms with Crippen molar-refractivity contribution in [3.63, 3.8) is 0 Å². The number of carbonyl (C=O) groups is 1. The van der Waals surface area contributed by atoms with Crippen LogP contribution < -0.4 is 10.6 Å². The second-order valence-corrected chi connectivity index (χ2v) is 5.77. The van der Waals surface area contributed by atoms with Crippen molar-refractivity contribution in [2.75, 3.05) is 36.8 Å². The number of piperazine rings is 1. The SMILES string of the molecule is CC1CCC(C(=O)N2CCN(c3ccc(N)nc3)CC2)O1. The van der Waals surface area contributed by atoms with Crippen LogP contribution in [0.4, 0.5) is 11.5 Å². The summed E-state index contributed by atoms with van der Waals surface area (Å²) in [4.78, 5) is 20.7. The van der Waals surface area contributed by atoms with Gasteiger partial charge in [-0.2, -0.15) is 0 Å². The number of nitrogens with zero attached hydrogens (tertiary/aromatic N) is 3. The molecule has 1 amide bonds. The third kappa shape index (κ3) is 3.10. The van der Waals surface area contributed by atoms with Gasteiger partial charge in [-0.1, -0.05) is 0 Å². The molecule has 1 aromatic rings. The van der Waals surface area contributed by atoms with E-state index in [0.717, 1.165) is 44.7 Å². The van der Waals surface area contributed by atoms with Crippen LogP contribution in [0.5, 0.6) is 0 Å². The van der Waals surface area contributed by atoms with Crippen LogP contribution in [0.3, 0.4) is 0 Å². The maximum absolute atomic E-state index is 12.4. The molecular weight excluding hydrogens is 268 g/mol. The molecule has 21 heavy (non-hydrogen) atoms. The fourth-order valence-corrected chi connectivity index (χ4v) is 2.96. The molecule has 0 bridgehead atoms. The van der Waals surface area contributed by atoms with Gasteiger partial charge >= 0.3 is 0 Å². The average Bonchev–Trinajstić information content (AvgIpc) is 2.94. The zero-order chi connectivity index (χ0) is 14.8. The zero-order valence-electron chi connectivity index (χ0n) is 12.4. The van der Waals surface area contributed by atoms with Crippen LogP contribution in [-0.4, -0.2) is 54.2 Å². The van der Waals surface area contributed by atoms with Crippen LogP contribution in [0, 0.1) is 0 Å². The van der Waals surface area contributed by atoms with Gasteiger partial charge in [-0.15, -0.1) is 0 Å². The summed E-state index contributed by atoms with van der Waals surface area (Å²) < 4.78 is 5.67.